The van der Waals surface area contributed by atoms with E-state index >= 15 is 0 Å². The first kappa shape index (κ1) is 12.0. The number of benzene rings is 1. The van der Waals surface area contributed by atoms with Crippen LogP contribution in [0.25, 0.3) is 0 Å². The Balaban J connectivity index is 1.86. The topological polar surface area (TPSA) is 73.1 Å². The van der Waals surface area contributed by atoms with Crippen molar-refractivity contribution in [2.75, 3.05) is 5.32 Å². The van der Waals surface area contributed by atoms with E-state index in [1.165, 1.54) is 0 Å². The maximum atomic E-state index is 11.4. The van der Waals surface area contributed by atoms with Gasteiger partial charge in [-0.15, -0.1) is 0 Å². The first-order chi connectivity index (χ1) is 9.20. The predicted octanol–water partition coefficient (Wildman–Crippen LogP) is 2.47. The average molecular weight is 256 g/mol. The molecule has 2 aliphatic carbocycles. The Kier molecular flexibility index (Phi) is 2.90. The zero-order chi connectivity index (χ0) is 13.4. The largest absolute Gasteiger partial charge is 0.481 e. The zero-order valence-electron chi connectivity index (χ0n) is 10.5. The van der Waals surface area contributed by atoms with Gasteiger partial charge in [0, 0.05) is 6.04 Å². The number of nitriles is 1. The van der Waals surface area contributed by atoms with Crippen LogP contribution in [-0.4, -0.2) is 17.1 Å². The number of para-hydroxylation sites is 1. The number of rotatable bonds is 3. The molecule has 2 saturated carbocycles. The third-order valence-electron chi connectivity index (χ3n) is 4.57. The Hall–Kier alpha value is -2.02. The number of carboxylic acid groups (broad SMARTS) is 1. The van der Waals surface area contributed by atoms with Crippen LogP contribution in [0.4, 0.5) is 5.69 Å². The van der Waals surface area contributed by atoms with Crippen LogP contribution in [0.2, 0.25) is 0 Å². The molecule has 1 aromatic rings. The number of nitrogens with zero attached hydrogens (tertiary/aromatic N) is 1. The molecule has 2 fully saturated rings. The number of nitrogens with one attached hydrogen (secondary N) is 1. The van der Waals surface area contributed by atoms with Gasteiger partial charge < -0.3 is 10.4 Å². The van der Waals surface area contributed by atoms with E-state index in [4.69, 9.17) is 5.26 Å². The molecule has 4 nitrogen and oxygen atoms in total. The summed E-state index contributed by atoms with van der Waals surface area (Å²) in [6.45, 7) is 0. The van der Waals surface area contributed by atoms with E-state index in [1.807, 2.05) is 18.2 Å². The Bertz CT molecular complexity index is 549. The minimum absolute atomic E-state index is 0.0363. The molecule has 0 amide bonds. The third kappa shape index (κ3) is 1.95. The molecule has 0 radical (unpaired) electrons. The summed E-state index contributed by atoms with van der Waals surface area (Å²) in [6, 6.07) is 9.40. The second kappa shape index (κ2) is 4.58. The predicted molar refractivity (Wildman–Crippen MR) is 70.5 cm³/mol. The van der Waals surface area contributed by atoms with Gasteiger partial charge in [0.2, 0.25) is 0 Å². The lowest BCUT2D eigenvalue weighted by molar-refractivity contribution is -0.143. The number of carbonyl (C=O) groups is 1. The monoisotopic (exact) mass is 256 g/mol. The van der Waals surface area contributed by atoms with Gasteiger partial charge in [-0.3, -0.25) is 4.79 Å². The summed E-state index contributed by atoms with van der Waals surface area (Å²) in [6.07, 6.45) is 3.13. The number of aliphatic carboxylic acids is 1. The highest BCUT2D eigenvalue weighted by Crippen LogP contribution is 2.49. The molecule has 4 unspecified atom stereocenters. The highest BCUT2D eigenvalue weighted by Gasteiger charge is 2.51. The zero-order valence-corrected chi connectivity index (χ0v) is 10.5. The van der Waals surface area contributed by atoms with E-state index in [9.17, 15) is 9.90 Å². The molecular weight excluding hydrogens is 240 g/mol. The Morgan fingerprint density at radius 2 is 2.05 bits per heavy atom. The van der Waals surface area contributed by atoms with E-state index < -0.39 is 5.97 Å². The number of carboxylic acids is 1. The first-order valence-corrected chi connectivity index (χ1v) is 6.69. The van der Waals surface area contributed by atoms with Crippen LogP contribution < -0.4 is 5.32 Å². The van der Waals surface area contributed by atoms with Crippen LogP contribution in [0.3, 0.4) is 0 Å². The highest BCUT2D eigenvalue weighted by molar-refractivity contribution is 5.73. The molecule has 0 aliphatic heterocycles. The van der Waals surface area contributed by atoms with Crippen molar-refractivity contribution in [3.05, 3.63) is 29.8 Å². The van der Waals surface area contributed by atoms with Crippen molar-refractivity contribution < 1.29 is 9.90 Å². The fourth-order valence-electron chi connectivity index (χ4n) is 3.74. The maximum Gasteiger partial charge on any atom is 0.308 e. The van der Waals surface area contributed by atoms with Crippen LogP contribution in [0.15, 0.2) is 24.3 Å². The Morgan fingerprint density at radius 3 is 2.79 bits per heavy atom. The van der Waals surface area contributed by atoms with E-state index in [-0.39, 0.29) is 12.0 Å². The van der Waals surface area contributed by atoms with Crippen molar-refractivity contribution in [2.24, 2.45) is 17.8 Å². The molecule has 0 aromatic heterocycles. The Morgan fingerprint density at radius 1 is 1.32 bits per heavy atom. The Labute approximate surface area is 112 Å². The van der Waals surface area contributed by atoms with Gasteiger partial charge in [-0.25, -0.2) is 0 Å². The van der Waals surface area contributed by atoms with Gasteiger partial charge in [-0.05, 0) is 43.2 Å². The van der Waals surface area contributed by atoms with E-state index in [0.717, 1.165) is 24.9 Å². The van der Waals surface area contributed by atoms with Crippen molar-refractivity contribution in [3.8, 4) is 6.07 Å². The fourth-order valence-corrected chi connectivity index (χ4v) is 3.74. The molecule has 2 aliphatic rings. The number of anilines is 1. The summed E-state index contributed by atoms with van der Waals surface area (Å²) in [7, 11) is 0. The molecule has 3 rings (SSSR count). The van der Waals surface area contributed by atoms with Crippen molar-refractivity contribution in [2.45, 2.75) is 25.3 Å². The van der Waals surface area contributed by atoms with Gasteiger partial charge in [0.25, 0.3) is 0 Å². The SMILES string of the molecule is N#Cc1ccccc1NC1C2CCC(C2)C1C(=O)O. The van der Waals surface area contributed by atoms with Crippen LogP contribution in [0, 0.1) is 29.1 Å². The molecule has 2 N–H and O–H groups in total. The lowest BCUT2D eigenvalue weighted by Gasteiger charge is -2.30. The van der Waals surface area contributed by atoms with Crippen LogP contribution >= 0.6 is 0 Å². The summed E-state index contributed by atoms with van der Waals surface area (Å²) in [4.78, 5) is 11.4. The van der Waals surface area contributed by atoms with Crippen LogP contribution in [0.1, 0.15) is 24.8 Å². The smallest absolute Gasteiger partial charge is 0.308 e. The number of hydrogen-bond acceptors (Lipinski definition) is 3. The average Bonchev–Trinajstić information content (AvgIpc) is 3.00. The molecule has 19 heavy (non-hydrogen) atoms. The standard InChI is InChI=1S/C15H16N2O2/c16-8-11-3-1-2-4-12(11)17-14-10-6-5-9(7-10)13(14)15(18)19/h1-4,9-10,13-14,17H,5-7H2,(H,18,19). The van der Waals surface area contributed by atoms with Crippen LogP contribution in [0.5, 0.6) is 0 Å². The highest BCUT2D eigenvalue weighted by atomic mass is 16.4. The first-order valence-electron chi connectivity index (χ1n) is 6.69. The van der Waals surface area contributed by atoms with Crippen molar-refractivity contribution in [1.82, 2.24) is 0 Å². The summed E-state index contributed by atoms with van der Waals surface area (Å²) < 4.78 is 0. The molecule has 1 aromatic carbocycles. The fraction of sp³-hybridized carbons (Fsp3) is 0.467. The molecule has 4 atom stereocenters. The second-order valence-corrected chi connectivity index (χ2v) is 5.52. The van der Waals surface area contributed by atoms with Gasteiger partial charge in [-0.1, -0.05) is 12.1 Å². The summed E-state index contributed by atoms with van der Waals surface area (Å²) >= 11 is 0. The molecule has 0 saturated heterocycles. The second-order valence-electron chi connectivity index (χ2n) is 5.52. The van der Waals surface area contributed by atoms with Gasteiger partial charge in [0.15, 0.2) is 0 Å². The maximum absolute atomic E-state index is 11.4. The molecule has 0 spiro atoms. The van der Waals surface area contributed by atoms with Gasteiger partial charge in [0.1, 0.15) is 6.07 Å². The molecule has 4 heteroatoms. The van der Waals surface area contributed by atoms with Gasteiger partial charge in [-0.2, -0.15) is 5.26 Å². The van der Waals surface area contributed by atoms with Gasteiger partial charge in [0.05, 0.1) is 17.2 Å². The van der Waals surface area contributed by atoms with Crippen LogP contribution in [-0.2, 0) is 4.79 Å². The summed E-state index contributed by atoms with van der Waals surface area (Å²) in [5.74, 6) is -0.295. The minimum atomic E-state index is -0.709. The summed E-state index contributed by atoms with van der Waals surface area (Å²) in [5, 5.41) is 21.8. The normalized spacial score (nSPS) is 31.9. The lowest BCUT2D eigenvalue weighted by Crippen LogP contribution is -2.39. The number of hydrogen-bond donors (Lipinski definition) is 2. The quantitative estimate of drug-likeness (QED) is 0.871. The molecule has 2 bridgehead atoms. The lowest BCUT2D eigenvalue weighted by atomic mass is 9.84. The van der Waals surface area contributed by atoms with Gasteiger partial charge >= 0.3 is 5.97 Å². The van der Waals surface area contributed by atoms with E-state index in [1.54, 1.807) is 6.07 Å². The third-order valence-corrected chi connectivity index (χ3v) is 4.57. The minimum Gasteiger partial charge on any atom is -0.481 e. The van der Waals surface area contributed by atoms with Crippen molar-refractivity contribution in [3.63, 3.8) is 0 Å². The van der Waals surface area contributed by atoms with E-state index in [0.29, 0.717) is 17.4 Å². The van der Waals surface area contributed by atoms with E-state index in [2.05, 4.69) is 11.4 Å². The summed E-state index contributed by atoms with van der Waals surface area (Å²) in [5.41, 5.74) is 1.34. The molecule has 0 heterocycles. The van der Waals surface area contributed by atoms with Crippen molar-refractivity contribution in [1.29, 1.82) is 5.26 Å². The molecule has 98 valence electrons. The molecular formula is C15H16N2O2. The number of fused-ring (bicyclic) bond motifs is 2. The van der Waals surface area contributed by atoms with Crippen molar-refractivity contribution >= 4 is 11.7 Å².